The van der Waals surface area contributed by atoms with Crippen molar-refractivity contribution >= 4 is 23.6 Å². The molecule has 5 nitrogen and oxygen atoms in total. The second kappa shape index (κ2) is 9.20. The van der Waals surface area contributed by atoms with Crippen LogP contribution in [-0.2, 0) is 11.2 Å². The Kier molecular flexibility index (Phi) is 7.50. The minimum Gasteiger partial charge on any atom is -0.481 e. The Labute approximate surface area is 123 Å². The summed E-state index contributed by atoms with van der Waals surface area (Å²) in [4.78, 5) is 21.6. The molecule has 2 amide bonds. The highest BCUT2D eigenvalue weighted by atomic mass is 35.5. The van der Waals surface area contributed by atoms with Gasteiger partial charge in [0.2, 0.25) is 0 Å². The maximum absolute atomic E-state index is 11.4. The van der Waals surface area contributed by atoms with Gasteiger partial charge in [-0.05, 0) is 37.0 Å². The van der Waals surface area contributed by atoms with Gasteiger partial charge in [-0.25, -0.2) is 4.79 Å². The van der Waals surface area contributed by atoms with Crippen LogP contribution in [0, 0.1) is 0 Å². The van der Waals surface area contributed by atoms with E-state index in [-0.39, 0.29) is 12.5 Å². The molecule has 0 fully saturated rings. The van der Waals surface area contributed by atoms with Crippen LogP contribution in [0.15, 0.2) is 24.3 Å². The molecule has 20 heavy (non-hydrogen) atoms. The standard InChI is InChI=1S/C14H19ClN2O3/c15-12-6-1-4-11(10-12)5-2-8-16-14(20)17-9-3-7-13(18)19/h1,4,6,10H,2-3,5,7-9H2,(H,18,19)(H2,16,17,20). The van der Waals surface area contributed by atoms with Gasteiger partial charge in [0.25, 0.3) is 0 Å². The third-order valence-electron chi connectivity index (χ3n) is 2.67. The highest BCUT2D eigenvalue weighted by molar-refractivity contribution is 6.30. The minimum atomic E-state index is -0.853. The summed E-state index contributed by atoms with van der Waals surface area (Å²) in [6, 6.07) is 7.38. The number of nitrogens with one attached hydrogen (secondary N) is 2. The number of benzene rings is 1. The molecule has 0 aliphatic rings. The zero-order chi connectivity index (χ0) is 14.8. The Balaban J connectivity index is 2.06. The zero-order valence-corrected chi connectivity index (χ0v) is 11.9. The van der Waals surface area contributed by atoms with E-state index in [2.05, 4.69) is 10.6 Å². The normalized spacial score (nSPS) is 10.1. The quantitative estimate of drug-likeness (QED) is 0.645. The van der Waals surface area contributed by atoms with E-state index in [1.54, 1.807) is 0 Å². The molecule has 0 heterocycles. The van der Waals surface area contributed by atoms with Gasteiger partial charge in [-0.3, -0.25) is 4.79 Å². The van der Waals surface area contributed by atoms with Crippen molar-refractivity contribution in [3.05, 3.63) is 34.9 Å². The topological polar surface area (TPSA) is 78.4 Å². The summed E-state index contributed by atoms with van der Waals surface area (Å²) >= 11 is 5.88. The van der Waals surface area contributed by atoms with Gasteiger partial charge >= 0.3 is 12.0 Å². The van der Waals surface area contributed by atoms with Gasteiger partial charge in [-0.15, -0.1) is 0 Å². The third kappa shape index (κ3) is 7.63. The Bertz CT molecular complexity index is 452. The van der Waals surface area contributed by atoms with Crippen LogP contribution in [0.1, 0.15) is 24.8 Å². The van der Waals surface area contributed by atoms with E-state index in [0.717, 1.165) is 18.4 Å². The monoisotopic (exact) mass is 298 g/mol. The number of hydrogen-bond donors (Lipinski definition) is 3. The molecule has 0 atom stereocenters. The lowest BCUT2D eigenvalue weighted by Gasteiger charge is -2.07. The number of carbonyl (C=O) groups excluding carboxylic acids is 1. The molecule has 0 aliphatic carbocycles. The van der Waals surface area contributed by atoms with Crippen molar-refractivity contribution in [2.75, 3.05) is 13.1 Å². The highest BCUT2D eigenvalue weighted by Crippen LogP contribution is 2.11. The molecule has 1 aromatic rings. The number of amides is 2. The molecule has 0 aliphatic heterocycles. The first-order chi connectivity index (χ1) is 9.58. The van der Waals surface area contributed by atoms with Crippen LogP contribution in [0.5, 0.6) is 0 Å². The number of rotatable bonds is 8. The van der Waals surface area contributed by atoms with Crippen LogP contribution >= 0.6 is 11.6 Å². The largest absolute Gasteiger partial charge is 0.481 e. The van der Waals surface area contributed by atoms with E-state index in [1.807, 2.05) is 24.3 Å². The Morgan fingerprint density at radius 1 is 1.15 bits per heavy atom. The fourth-order valence-electron chi connectivity index (χ4n) is 1.69. The number of halogens is 1. The number of carbonyl (C=O) groups is 2. The van der Waals surface area contributed by atoms with Gasteiger partial charge in [0.05, 0.1) is 0 Å². The van der Waals surface area contributed by atoms with Gasteiger partial charge in [0, 0.05) is 24.5 Å². The van der Waals surface area contributed by atoms with E-state index >= 15 is 0 Å². The maximum atomic E-state index is 11.4. The van der Waals surface area contributed by atoms with Gasteiger partial charge in [-0.1, -0.05) is 23.7 Å². The van der Waals surface area contributed by atoms with Crippen LogP contribution in [0.25, 0.3) is 0 Å². The first-order valence-electron chi connectivity index (χ1n) is 6.56. The molecule has 0 saturated heterocycles. The first kappa shape index (κ1) is 16.3. The van der Waals surface area contributed by atoms with Gasteiger partial charge in [0.15, 0.2) is 0 Å². The van der Waals surface area contributed by atoms with Crippen molar-refractivity contribution in [1.82, 2.24) is 10.6 Å². The maximum Gasteiger partial charge on any atom is 0.314 e. The van der Waals surface area contributed by atoms with Crippen LogP contribution in [0.4, 0.5) is 4.79 Å². The summed E-state index contributed by atoms with van der Waals surface area (Å²) in [5.74, 6) is -0.853. The molecule has 0 saturated carbocycles. The zero-order valence-electron chi connectivity index (χ0n) is 11.2. The molecule has 0 spiro atoms. The van der Waals surface area contributed by atoms with Gasteiger partial charge in [0.1, 0.15) is 0 Å². The van der Waals surface area contributed by atoms with Crippen molar-refractivity contribution < 1.29 is 14.7 Å². The summed E-state index contributed by atoms with van der Waals surface area (Å²) in [6.07, 6.45) is 2.17. The van der Waals surface area contributed by atoms with Crippen LogP contribution < -0.4 is 10.6 Å². The van der Waals surface area contributed by atoms with Crippen LogP contribution in [-0.4, -0.2) is 30.2 Å². The lowest BCUT2D eigenvalue weighted by Crippen LogP contribution is -2.36. The molecule has 6 heteroatoms. The number of carboxylic acid groups (broad SMARTS) is 1. The second-order valence-corrected chi connectivity index (χ2v) is 4.85. The number of aryl methyl sites for hydroxylation is 1. The summed E-state index contributed by atoms with van der Waals surface area (Å²) in [5.41, 5.74) is 1.14. The van der Waals surface area contributed by atoms with Crippen LogP contribution in [0.3, 0.4) is 0 Å². The third-order valence-corrected chi connectivity index (χ3v) is 2.90. The summed E-state index contributed by atoms with van der Waals surface area (Å²) in [7, 11) is 0. The van der Waals surface area contributed by atoms with E-state index in [9.17, 15) is 9.59 Å². The molecule has 0 radical (unpaired) electrons. The van der Waals surface area contributed by atoms with Crippen molar-refractivity contribution in [2.45, 2.75) is 25.7 Å². The van der Waals surface area contributed by atoms with E-state index in [0.29, 0.717) is 24.5 Å². The van der Waals surface area contributed by atoms with Gasteiger partial charge in [-0.2, -0.15) is 0 Å². The molecule has 0 aromatic heterocycles. The highest BCUT2D eigenvalue weighted by Gasteiger charge is 2.01. The molecule has 0 unspecified atom stereocenters. The predicted octanol–water partition coefficient (Wildman–Crippen LogP) is 2.44. The summed E-state index contributed by atoms with van der Waals surface area (Å²) in [6.45, 7) is 0.934. The molecule has 1 aromatic carbocycles. The Morgan fingerprint density at radius 2 is 1.85 bits per heavy atom. The summed E-state index contributed by atoms with van der Waals surface area (Å²) < 4.78 is 0. The molecule has 110 valence electrons. The van der Waals surface area contributed by atoms with E-state index in [4.69, 9.17) is 16.7 Å². The molecule has 0 bridgehead atoms. The van der Waals surface area contributed by atoms with Gasteiger partial charge < -0.3 is 15.7 Å². The number of hydrogen-bond acceptors (Lipinski definition) is 2. The van der Waals surface area contributed by atoms with Crippen molar-refractivity contribution in [2.24, 2.45) is 0 Å². The lowest BCUT2D eigenvalue weighted by atomic mass is 10.1. The molecular weight excluding hydrogens is 280 g/mol. The summed E-state index contributed by atoms with van der Waals surface area (Å²) in [5, 5.41) is 14.5. The average molecular weight is 299 g/mol. The average Bonchev–Trinajstić information content (AvgIpc) is 2.40. The minimum absolute atomic E-state index is 0.0645. The predicted molar refractivity (Wildman–Crippen MR) is 78.0 cm³/mol. The van der Waals surface area contributed by atoms with Crippen LogP contribution in [0.2, 0.25) is 5.02 Å². The lowest BCUT2D eigenvalue weighted by molar-refractivity contribution is -0.137. The Morgan fingerprint density at radius 3 is 2.50 bits per heavy atom. The van der Waals surface area contributed by atoms with Crippen molar-refractivity contribution in [1.29, 1.82) is 0 Å². The fraction of sp³-hybridized carbons (Fsp3) is 0.429. The number of carboxylic acids is 1. The van der Waals surface area contributed by atoms with E-state index in [1.165, 1.54) is 0 Å². The SMILES string of the molecule is O=C(O)CCCNC(=O)NCCCc1cccc(Cl)c1. The Hall–Kier alpha value is -1.75. The second-order valence-electron chi connectivity index (χ2n) is 4.41. The first-order valence-corrected chi connectivity index (χ1v) is 6.93. The molecule has 3 N–H and O–H groups in total. The van der Waals surface area contributed by atoms with Crippen molar-refractivity contribution in [3.63, 3.8) is 0 Å². The van der Waals surface area contributed by atoms with Crippen molar-refractivity contribution in [3.8, 4) is 0 Å². The molecular formula is C14H19ClN2O3. The van der Waals surface area contributed by atoms with E-state index < -0.39 is 5.97 Å². The number of urea groups is 1. The fourth-order valence-corrected chi connectivity index (χ4v) is 1.90. The smallest absolute Gasteiger partial charge is 0.314 e. The molecule has 1 rings (SSSR count). The number of aliphatic carboxylic acids is 1.